The molecule has 3 aromatic rings. The molecule has 244 valence electrons. The molecule has 0 unspecified atom stereocenters. The second-order valence-corrected chi connectivity index (χ2v) is 18.5. The summed E-state index contributed by atoms with van der Waals surface area (Å²) in [6.07, 6.45) is 0.915. The summed E-state index contributed by atoms with van der Waals surface area (Å²) in [6, 6.07) is 10.7. The number of nitrogens with two attached hydrogens (primary N) is 1. The van der Waals surface area contributed by atoms with Crippen molar-refractivity contribution in [2.75, 3.05) is 29.5 Å². The molecule has 45 heavy (non-hydrogen) atoms. The Kier molecular flexibility index (Phi) is 9.93. The molecule has 1 amide bonds. The molecule has 10 nitrogen and oxygen atoms in total. The van der Waals surface area contributed by atoms with Gasteiger partial charge in [-0.3, -0.25) is 4.90 Å². The Labute approximate surface area is 264 Å². The summed E-state index contributed by atoms with van der Waals surface area (Å²) in [7, 11) is -2.10. The first-order valence-corrected chi connectivity index (χ1v) is 17.8. The van der Waals surface area contributed by atoms with Crippen LogP contribution in [0, 0.1) is 11.6 Å². The third kappa shape index (κ3) is 9.04. The van der Waals surface area contributed by atoms with Crippen molar-refractivity contribution in [3.05, 3.63) is 60.3 Å². The maximum atomic E-state index is 15.2. The van der Waals surface area contributed by atoms with E-state index in [1.54, 1.807) is 35.2 Å². The van der Waals surface area contributed by atoms with Crippen molar-refractivity contribution in [2.24, 2.45) is 0 Å². The molecule has 1 aliphatic rings. The molecule has 0 radical (unpaired) electrons. The van der Waals surface area contributed by atoms with Crippen LogP contribution in [-0.4, -0.2) is 60.2 Å². The van der Waals surface area contributed by atoms with Gasteiger partial charge in [-0.25, -0.2) is 18.6 Å². The van der Waals surface area contributed by atoms with Gasteiger partial charge in [0.1, 0.15) is 12.2 Å². The first-order chi connectivity index (χ1) is 20.9. The lowest BCUT2D eigenvalue weighted by molar-refractivity contribution is 0.0173. The predicted molar refractivity (Wildman–Crippen MR) is 175 cm³/mol. The quantitative estimate of drug-likeness (QED) is 0.160. The number of benzene rings is 2. The summed E-state index contributed by atoms with van der Waals surface area (Å²) in [4.78, 5) is 22.9. The maximum Gasteiger partial charge on any atom is 0.410 e. The molecular formula is C32H44F2N6O4Si. The Hall–Kier alpha value is -3.97. The van der Waals surface area contributed by atoms with E-state index in [4.69, 9.17) is 19.6 Å². The van der Waals surface area contributed by atoms with Crippen LogP contribution < -0.4 is 21.1 Å². The van der Waals surface area contributed by atoms with Crippen LogP contribution in [-0.2, 0) is 9.16 Å². The second kappa shape index (κ2) is 13.2. The first-order valence-electron chi connectivity index (χ1n) is 14.9. The van der Waals surface area contributed by atoms with Crippen LogP contribution in [0.1, 0.15) is 48.0 Å². The molecule has 2 aromatic carbocycles. The van der Waals surface area contributed by atoms with E-state index in [0.29, 0.717) is 30.0 Å². The monoisotopic (exact) mass is 642 g/mol. The molecule has 4 N–H and O–H groups in total. The molecule has 0 bridgehead atoms. The molecule has 0 aliphatic carbocycles. The van der Waals surface area contributed by atoms with E-state index in [-0.39, 0.29) is 41.3 Å². The van der Waals surface area contributed by atoms with E-state index in [1.165, 1.54) is 12.1 Å². The van der Waals surface area contributed by atoms with Crippen LogP contribution >= 0.6 is 0 Å². The zero-order valence-electron chi connectivity index (χ0n) is 27.2. The van der Waals surface area contributed by atoms with Crippen molar-refractivity contribution < 1.29 is 27.5 Å². The number of ether oxygens (including phenoxy) is 2. The fraction of sp³-hybridized carbons (Fsp3) is 0.469. The summed E-state index contributed by atoms with van der Waals surface area (Å²) in [5.41, 5.74) is 6.52. The number of nitrogen functional groups attached to an aromatic ring is 1. The minimum Gasteiger partial charge on any atom is -0.488 e. The van der Waals surface area contributed by atoms with Gasteiger partial charge in [0, 0.05) is 29.7 Å². The van der Waals surface area contributed by atoms with Crippen molar-refractivity contribution in [1.82, 2.24) is 14.9 Å². The lowest BCUT2D eigenvalue weighted by atomic mass is 10.2. The van der Waals surface area contributed by atoms with Crippen molar-refractivity contribution >= 4 is 43.2 Å². The van der Waals surface area contributed by atoms with Gasteiger partial charge < -0.3 is 30.3 Å². The first kappa shape index (κ1) is 33.9. The number of nitrogens with zero attached hydrogens (tertiary/aromatic N) is 3. The molecule has 13 heteroatoms. The van der Waals surface area contributed by atoms with Crippen LogP contribution in [0.15, 0.2) is 48.7 Å². The van der Waals surface area contributed by atoms with Gasteiger partial charge in [0.05, 0.1) is 18.3 Å². The van der Waals surface area contributed by atoms with Crippen LogP contribution in [0.3, 0.4) is 0 Å². The highest BCUT2D eigenvalue weighted by atomic mass is 28.4. The Bertz CT molecular complexity index is 1510. The highest BCUT2D eigenvalue weighted by Crippen LogP contribution is 2.39. The summed E-state index contributed by atoms with van der Waals surface area (Å²) >= 11 is 0. The summed E-state index contributed by atoms with van der Waals surface area (Å²) in [5, 5.41) is 5.76. The number of hydrogen-bond donors (Lipinski definition) is 3. The largest absolute Gasteiger partial charge is 0.488 e. The zero-order chi connectivity index (χ0) is 33.2. The molecule has 1 saturated heterocycles. The number of carbonyl (C=O) groups excluding carboxylic acids is 1. The van der Waals surface area contributed by atoms with Gasteiger partial charge in [-0.1, -0.05) is 26.8 Å². The van der Waals surface area contributed by atoms with E-state index in [2.05, 4.69) is 54.5 Å². The molecule has 0 saturated carbocycles. The number of likely N-dealkylation sites (tertiary alicyclic amines) is 1. The number of rotatable bonds is 9. The summed E-state index contributed by atoms with van der Waals surface area (Å²) < 4.78 is 47.7. The smallest absolute Gasteiger partial charge is 0.410 e. The van der Waals surface area contributed by atoms with E-state index >= 15 is 4.39 Å². The minimum absolute atomic E-state index is 0.00469. The fourth-order valence-electron chi connectivity index (χ4n) is 4.53. The Morgan fingerprint density at radius 3 is 2.40 bits per heavy atom. The molecule has 4 rings (SSSR count). The van der Waals surface area contributed by atoms with Crippen LogP contribution in [0.4, 0.5) is 42.4 Å². The zero-order valence-corrected chi connectivity index (χ0v) is 28.2. The maximum absolute atomic E-state index is 15.2. The average Bonchev–Trinajstić information content (AvgIpc) is 3.30. The Morgan fingerprint density at radius 2 is 1.76 bits per heavy atom. The van der Waals surface area contributed by atoms with Gasteiger partial charge in [0.25, 0.3) is 0 Å². The van der Waals surface area contributed by atoms with Crippen molar-refractivity contribution in [3.8, 4) is 5.75 Å². The van der Waals surface area contributed by atoms with E-state index < -0.39 is 31.6 Å². The van der Waals surface area contributed by atoms with Gasteiger partial charge in [-0.05, 0) is 75.7 Å². The van der Waals surface area contributed by atoms with Crippen LogP contribution in [0.25, 0.3) is 0 Å². The number of aromatic nitrogens is 2. The lowest BCUT2D eigenvalue weighted by Gasteiger charge is -2.38. The molecule has 1 aromatic heterocycles. The fourth-order valence-corrected chi connectivity index (χ4v) is 5.89. The van der Waals surface area contributed by atoms with Crippen molar-refractivity contribution in [3.63, 3.8) is 0 Å². The molecule has 2 atom stereocenters. The van der Waals surface area contributed by atoms with Gasteiger partial charge in [0.2, 0.25) is 5.95 Å². The van der Waals surface area contributed by atoms with Crippen molar-refractivity contribution in [2.45, 2.75) is 83.8 Å². The Morgan fingerprint density at radius 1 is 1.04 bits per heavy atom. The van der Waals surface area contributed by atoms with E-state index in [0.717, 1.165) is 6.20 Å². The van der Waals surface area contributed by atoms with Gasteiger partial charge in [-0.15, -0.1) is 0 Å². The SMILES string of the molecule is CC(C)(C)OC(=O)N1C[C@H](O[Si](C)(C)C(C)(C)C)C[C@H]1COc1ccc(Nc2ncc(F)c(Nc3cccc(N)c3)n2)cc1F. The lowest BCUT2D eigenvalue weighted by Crippen LogP contribution is -2.45. The molecule has 1 aliphatic heterocycles. The van der Waals surface area contributed by atoms with E-state index in [1.807, 2.05) is 20.8 Å². The highest BCUT2D eigenvalue weighted by molar-refractivity contribution is 6.74. The second-order valence-electron chi connectivity index (χ2n) is 13.7. The number of nitrogens with one attached hydrogen (secondary N) is 2. The van der Waals surface area contributed by atoms with Crippen LogP contribution in [0.5, 0.6) is 5.75 Å². The standard InChI is InChI=1S/C32H44F2N6O4Si/c1-31(2,3)43-30(41)40-18-24(44-45(7,8)32(4,5)6)16-23(40)19-42-27-13-12-22(15-25(27)33)38-29-36-17-26(34)28(39-29)37-21-11-9-10-20(35)14-21/h9-15,17,23-24H,16,18-19,35H2,1-8H3,(H2,36,37,38,39)/t23-,24+/m0/s1. The minimum atomic E-state index is -2.10. The van der Waals surface area contributed by atoms with Gasteiger partial charge in [0.15, 0.2) is 31.5 Å². The number of amides is 1. The normalized spacial score (nSPS) is 17.2. The van der Waals surface area contributed by atoms with Gasteiger partial charge >= 0.3 is 6.09 Å². The number of hydrogen-bond acceptors (Lipinski definition) is 9. The molecule has 0 spiro atoms. The van der Waals surface area contributed by atoms with Crippen molar-refractivity contribution in [1.29, 1.82) is 0 Å². The number of carbonyl (C=O) groups is 1. The van der Waals surface area contributed by atoms with E-state index in [9.17, 15) is 9.18 Å². The predicted octanol–water partition coefficient (Wildman–Crippen LogP) is 7.60. The summed E-state index contributed by atoms with van der Waals surface area (Å²) in [5.74, 6) is -1.29. The number of halogens is 2. The third-order valence-corrected chi connectivity index (χ3v) is 12.3. The highest BCUT2D eigenvalue weighted by Gasteiger charge is 2.44. The molecule has 2 heterocycles. The topological polar surface area (TPSA) is 124 Å². The third-order valence-electron chi connectivity index (χ3n) is 7.78. The van der Waals surface area contributed by atoms with Gasteiger partial charge in [-0.2, -0.15) is 4.98 Å². The molecule has 1 fully saturated rings. The Balaban J connectivity index is 1.43. The number of anilines is 5. The molecular weight excluding hydrogens is 598 g/mol. The summed E-state index contributed by atoms with van der Waals surface area (Å²) in [6.45, 7) is 16.7. The van der Waals surface area contributed by atoms with Crippen LogP contribution in [0.2, 0.25) is 18.1 Å². The average molecular weight is 643 g/mol.